The molecule has 332 valence electrons. The first kappa shape index (κ1) is 40.8. The van der Waals surface area contributed by atoms with Gasteiger partial charge in [0.1, 0.15) is 0 Å². The van der Waals surface area contributed by atoms with Crippen molar-refractivity contribution in [3.05, 3.63) is 301 Å². The predicted molar refractivity (Wildman–Crippen MR) is 299 cm³/mol. The van der Waals surface area contributed by atoms with Gasteiger partial charge in [-0.2, -0.15) is 0 Å². The summed E-state index contributed by atoms with van der Waals surface area (Å²) in [6, 6.07) is 103. The topological polar surface area (TPSA) is 8.17 Å². The third-order valence-electron chi connectivity index (χ3n) is 15.0. The van der Waals surface area contributed by atoms with Crippen molar-refractivity contribution in [2.24, 2.45) is 0 Å². The largest absolute Gasteiger partial charge is 0.310 e. The summed E-state index contributed by atoms with van der Waals surface area (Å²) in [6.45, 7) is 0. The van der Waals surface area contributed by atoms with Crippen LogP contribution in [0.5, 0.6) is 0 Å². The average molecular weight is 903 g/mol. The lowest BCUT2D eigenvalue weighted by Gasteiger charge is -2.35. The molecule has 12 aromatic carbocycles. The van der Waals surface area contributed by atoms with Crippen LogP contribution in [0.25, 0.3) is 82.4 Å². The molecule has 0 amide bonds. The average Bonchev–Trinajstić information content (AvgIpc) is 3.95. The van der Waals surface area contributed by atoms with Gasteiger partial charge in [-0.15, -0.1) is 0 Å². The molecule has 71 heavy (non-hydrogen) atoms. The molecule has 0 aliphatic heterocycles. The molecular formula is C69H46N2. The van der Waals surface area contributed by atoms with Crippen molar-refractivity contribution < 1.29 is 0 Å². The fraction of sp³-hybridized carbons (Fsp3) is 0.0145. The van der Waals surface area contributed by atoms with Gasteiger partial charge in [0.15, 0.2) is 0 Å². The van der Waals surface area contributed by atoms with Crippen LogP contribution < -0.4 is 4.90 Å². The quantitative estimate of drug-likeness (QED) is 0.147. The maximum atomic E-state index is 2.50. The summed E-state index contributed by atoms with van der Waals surface area (Å²) in [4.78, 5) is 2.50. The highest BCUT2D eigenvalue weighted by molar-refractivity contribution is 6.19. The van der Waals surface area contributed by atoms with Crippen molar-refractivity contribution in [1.82, 2.24) is 4.57 Å². The maximum Gasteiger partial charge on any atom is 0.0714 e. The summed E-state index contributed by atoms with van der Waals surface area (Å²) < 4.78 is 2.49. The molecule has 2 nitrogen and oxygen atoms in total. The fourth-order valence-corrected chi connectivity index (χ4v) is 11.9. The molecule has 1 heterocycles. The minimum Gasteiger partial charge on any atom is -0.310 e. The number of anilines is 3. The van der Waals surface area contributed by atoms with Crippen molar-refractivity contribution in [2.45, 2.75) is 5.41 Å². The van der Waals surface area contributed by atoms with Crippen LogP contribution in [0.1, 0.15) is 22.3 Å². The van der Waals surface area contributed by atoms with Gasteiger partial charge in [-0.05, 0) is 115 Å². The van der Waals surface area contributed by atoms with E-state index in [1.807, 2.05) is 0 Å². The van der Waals surface area contributed by atoms with Crippen LogP contribution >= 0.6 is 0 Å². The van der Waals surface area contributed by atoms with Crippen LogP contribution in [-0.4, -0.2) is 4.57 Å². The van der Waals surface area contributed by atoms with Gasteiger partial charge in [0.25, 0.3) is 0 Å². The van der Waals surface area contributed by atoms with E-state index in [0.29, 0.717) is 0 Å². The molecule has 2 heteroatoms. The van der Waals surface area contributed by atoms with E-state index in [4.69, 9.17) is 0 Å². The Bertz CT molecular complexity index is 4150. The Morgan fingerprint density at radius 1 is 0.310 bits per heavy atom. The molecule has 0 bridgehead atoms. The van der Waals surface area contributed by atoms with E-state index < -0.39 is 5.41 Å². The monoisotopic (exact) mass is 902 g/mol. The van der Waals surface area contributed by atoms with E-state index in [1.54, 1.807) is 0 Å². The molecule has 0 N–H and O–H groups in total. The number of hydrogen-bond donors (Lipinski definition) is 0. The first-order valence-electron chi connectivity index (χ1n) is 24.6. The van der Waals surface area contributed by atoms with Crippen LogP contribution in [0.15, 0.2) is 279 Å². The van der Waals surface area contributed by atoms with Gasteiger partial charge in [-0.3, -0.25) is 0 Å². The van der Waals surface area contributed by atoms with Crippen molar-refractivity contribution in [2.75, 3.05) is 4.90 Å². The molecule has 1 atom stereocenters. The molecule has 1 aliphatic rings. The van der Waals surface area contributed by atoms with Crippen LogP contribution in [-0.2, 0) is 5.41 Å². The molecule has 0 spiro atoms. The van der Waals surface area contributed by atoms with E-state index in [-0.39, 0.29) is 0 Å². The Morgan fingerprint density at radius 2 is 0.859 bits per heavy atom. The Morgan fingerprint density at radius 3 is 1.65 bits per heavy atom. The highest BCUT2D eigenvalue weighted by Gasteiger charge is 2.46. The third kappa shape index (κ3) is 6.42. The van der Waals surface area contributed by atoms with E-state index in [0.717, 1.165) is 28.3 Å². The van der Waals surface area contributed by atoms with Gasteiger partial charge in [-0.25, -0.2) is 0 Å². The molecular weight excluding hydrogens is 857 g/mol. The normalized spacial score (nSPS) is 14.0. The Balaban J connectivity index is 1.04. The summed E-state index contributed by atoms with van der Waals surface area (Å²) in [6.07, 6.45) is 0. The fourth-order valence-electron chi connectivity index (χ4n) is 11.9. The van der Waals surface area contributed by atoms with Crippen LogP contribution in [0.4, 0.5) is 17.1 Å². The lowest BCUT2D eigenvalue weighted by Crippen LogP contribution is -2.29. The standard InChI is InChI=1S/C69H46N2/c1-4-18-47(19-5-1)49-34-37-55(38-35-49)71-67-46-57(40-43-62(67)63-41-36-51-23-11-13-30-59(51)68(63)71)70(66-33-17-24-50-22-10-12-29-58(50)66)56-39-42-61-60-31-14-15-32-64(60)69(65(61)45-56,53-26-8-3-9-27-53)54-28-16-25-52(44-54)48-20-6-2-7-21-48/h1-46H. The molecule has 0 radical (unpaired) electrons. The number of rotatable bonds is 8. The van der Waals surface area contributed by atoms with Gasteiger partial charge < -0.3 is 9.47 Å². The minimum absolute atomic E-state index is 0.609. The first-order chi connectivity index (χ1) is 35.2. The van der Waals surface area contributed by atoms with Crippen molar-refractivity contribution in [3.8, 4) is 39.1 Å². The Hall–Kier alpha value is -9.24. The molecule has 1 aromatic heterocycles. The second-order valence-corrected chi connectivity index (χ2v) is 18.8. The number of fused-ring (bicyclic) bond motifs is 9. The Kier molecular flexibility index (Phi) is 9.47. The van der Waals surface area contributed by atoms with Gasteiger partial charge >= 0.3 is 0 Å². The summed E-state index contributed by atoms with van der Waals surface area (Å²) in [7, 11) is 0. The lowest BCUT2D eigenvalue weighted by molar-refractivity contribution is 0.769. The molecule has 1 unspecified atom stereocenters. The highest BCUT2D eigenvalue weighted by atomic mass is 15.1. The number of hydrogen-bond acceptors (Lipinski definition) is 1. The maximum absolute atomic E-state index is 2.50. The molecule has 14 rings (SSSR count). The first-order valence-corrected chi connectivity index (χ1v) is 24.6. The van der Waals surface area contributed by atoms with E-state index >= 15 is 0 Å². The third-order valence-corrected chi connectivity index (χ3v) is 15.0. The summed E-state index contributed by atoms with van der Waals surface area (Å²) in [5, 5.41) is 7.28. The van der Waals surface area contributed by atoms with Gasteiger partial charge in [0.2, 0.25) is 0 Å². The number of aromatic nitrogens is 1. The summed E-state index contributed by atoms with van der Waals surface area (Å²) in [5.74, 6) is 0. The van der Waals surface area contributed by atoms with Crippen LogP contribution in [0.2, 0.25) is 0 Å². The van der Waals surface area contributed by atoms with Gasteiger partial charge in [-0.1, -0.05) is 231 Å². The van der Waals surface area contributed by atoms with Crippen molar-refractivity contribution in [1.29, 1.82) is 0 Å². The molecule has 1 aliphatic carbocycles. The van der Waals surface area contributed by atoms with Crippen LogP contribution in [0, 0.1) is 0 Å². The predicted octanol–water partition coefficient (Wildman–Crippen LogP) is 18.3. The lowest BCUT2D eigenvalue weighted by atomic mass is 9.67. The summed E-state index contributed by atoms with van der Waals surface area (Å²) >= 11 is 0. The van der Waals surface area contributed by atoms with Crippen molar-refractivity contribution in [3.63, 3.8) is 0 Å². The molecule has 0 saturated carbocycles. The second kappa shape index (κ2) is 16.5. The number of nitrogens with zero attached hydrogens (tertiary/aromatic N) is 2. The zero-order chi connectivity index (χ0) is 46.9. The molecule has 13 aromatic rings. The smallest absolute Gasteiger partial charge is 0.0714 e. The van der Waals surface area contributed by atoms with Crippen LogP contribution in [0.3, 0.4) is 0 Å². The van der Waals surface area contributed by atoms with Gasteiger partial charge in [0, 0.05) is 38.6 Å². The zero-order valence-electron chi connectivity index (χ0n) is 39.0. The van der Waals surface area contributed by atoms with E-state index in [9.17, 15) is 0 Å². The van der Waals surface area contributed by atoms with Gasteiger partial charge in [0.05, 0.1) is 22.1 Å². The second-order valence-electron chi connectivity index (χ2n) is 18.8. The van der Waals surface area contributed by atoms with E-state index in [2.05, 4.69) is 289 Å². The summed E-state index contributed by atoms with van der Waals surface area (Å²) in [5.41, 5.74) is 18.5. The van der Waals surface area contributed by atoms with Crippen molar-refractivity contribution >= 4 is 60.4 Å². The minimum atomic E-state index is -0.609. The Labute approximate surface area is 413 Å². The molecule has 0 saturated heterocycles. The molecule has 0 fully saturated rings. The zero-order valence-corrected chi connectivity index (χ0v) is 39.0. The highest BCUT2D eigenvalue weighted by Crippen LogP contribution is 2.58. The van der Waals surface area contributed by atoms with E-state index in [1.165, 1.54) is 93.5 Å². The SMILES string of the molecule is c1ccc(-c2ccc(-n3c4cc(N(c5ccc6c(c5)C(c5ccccc5)(c5cccc(-c7ccccc7)c5)c5ccccc5-6)c5cccc6ccccc56)ccc4c4ccc5ccccc5c43)cc2)cc1. The number of benzene rings is 12.